The molecular weight excluding hydrogens is 548 g/mol. The lowest BCUT2D eigenvalue weighted by molar-refractivity contribution is 0.0795. The Hall–Kier alpha value is -4.37. The van der Waals surface area contributed by atoms with Crippen molar-refractivity contribution in [2.75, 3.05) is 52.9 Å². The number of nitrogens with one attached hydrogen (secondary N) is 4. The molecule has 0 aliphatic heterocycles. The average Bonchev–Trinajstić information content (AvgIpc) is 3.05. The van der Waals surface area contributed by atoms with Crippen molar-refractivity contribution in [1.82, 2.24) is 25.4 Å². The third kappa shape index (κ3) is 6.89. The zero-order valence-electron chi connectivity index (χ0n) is 25.5. The molecule has 0 saturated heterocycles. The van der Waals surface area contributed by atoms with Gasteiger partial charge in [-0.25, -0.2) is 0 Å². The van der Waals surface area contributed by atoms with Crippen LogP contribution in [0.4, 0.5) is 0 Å². The van der Waals surface area contributed by atoms with Gasteiger partial charge >= 0.3 is 0 Å². The second-order valence-corrected chi connectivity index (χ2v) is 11.2. The minimum Gasteiger partial charge on any atom is -0.342 e. The molecule has 44 heavy (non-hydrogen) atoms. The van der Waals surface area contributed by atoms with Gasteiger partial charge in [0.15, 0.2) is 6.29 Å². The quantitative estimate of drug-likeness (QED) is 0.104. The standard InChI is InChI=1S/C36H42N6O2/c1-26-30-14-4-11-28-12-5-15-31(34(28)30)35(37)42(26)24-8-18-39-20-22-40-21-19-38-17-7-23-41(2)36(44)32-16-6-10-27-9-3-13-29(25-43)33(27)32/h3-6,9-16,25,37-40H,1,7-8,17-24H2,2H3. The maximum Gasteiger partial charge on any atom is 0.254 e. The zero-order valence-corrected chi connectivity index (χ0v) is 25.5. The Morgan fingerprint density at radius 3 is 2.05 bits per heavy atom. The predicted octanol–water partition coefficient (Wildman–Crippen LogP) is 3.69. The molecule has 0 unspecified atom stereocenters. The maximum atomic E-state index is 13.1. The summed E-state index contributed by atoms with van der Waals surface area (Å²) in [7, 11) is 1.81. The lowest BCUT2D eigenvalue weighted by Gasteiger charge is -2.19. The van der Waals surface area contributed by atoms with Crippen molar-refractivity contribution in [2.24, 2.45) is 0 Å². The van der Waals surface area contributed by atoms with Gasteiger partial charge in [-0.2, -0.15) is 0 Å². The van der Waals surface area contributed by atoms with E-state index in [1.54, 1.807) is 17.0 Å². The van der Waals surface area contributed by atoms with Crippen LogP contribution in [0.3, 0.4) is 0 Å². The summed E-state index contributed by atoms with van der Waals surface area (Å²) in [5, 5.41) is 26.1. The molecule has 5 aromatic rings. The number of rotatable bonds is 16. The topological polar surface area (TPSA) is 102 Å². The molecule has 0 atom stereocenters. The van der Waals surface area contributed by atoms with E-state index in [-0.39, 0.29) is 5.91 Å². The van der Waals surface area contributed by atoms with E-state index in [9.17, 15) is 9.59 Å². The number of fused-ring (bicyclic) bond motifs is 1. The molecule has 1 heterocycles. The van der Waals surface area contributed by atoms with E-state index in [2.05, 4.69) is 46.8 Å². The summed E-state index contributed by atoms with van der Waals surface area (Å²) in [5.74, 6) is -0.0684. The molecule has 0 saturated carbocycles. The number of carbonyl (C=O) groups is 2. The van der Waals surface area contributed by atoms with E-state index in [1.807, 2.05) is 48.0 Å². The van der Waals surface area contributed by atoms with Crippen molar-refractivity contribution >= 4 is 51.1 Å². The van der Waals surface area contributed by atoms with Gasteiger partial charge in [0.05, 0.1) is 0 Å². The number of amides is 1. The van der Waals surface area contributed by atoms with E-state index in [1.165, 1.54) is 0 Å². The van der Waals surface area contributed by atoms with Crippen molar-refractivity contribution in [3.63, 3.8) is 0 Å². The molecule has 1 amide bonds. The molecule has 0 aliphatic carbocycles. The molecule has 0 radical (unpaired) electrons. The average molecular weight is 591 g/mol. The number of benzene rings is 4. The first kappa shape index (κ1) is 31.1. The van der Waals surface area contributed by atoms with Crippen molar-refractivity contribution in [1.29, 1.82) is 5.41 Å². The van der Waals surface area contributed by atoms with Gasteiger partial charge < -0.3 is 25.4 Å². The number of aldehydes is 1. The summed E-state index contributed by atoms with van der Waals surface area (Å²) in [6, 6.07) is 23.5. The summed E-state index contributed by atoms with van der Waals surface area (Å²) in [5.41, 5.74) is 1.64. The fraction of sp³-hybridized carbons (Fsp3) is 0.306. The Bertz CT molecular complexity index is 1800. The minimum absolute atomic E-state index is 0.0684. The molecule has 1 aromatic heterocycles. The van der Waals surface area contributed by atoms with Crippen molar-refractivity contribution in [3.8, 4) is 0 Å². The Balaban J connectivity index is 0.941. The zero-order chi connectivity index (χ0) is 30.9. The number of hydrogen-bond acceptors (Lipinski definition) is 6. The first-order valence-corrected chi connectivity index (χ1v) is 15.4. The van der Waals surface area contributed by atoms with E-state index in [0.717, 1.165) is 103 Å². The second kappa shape index (κ2) is 14.9. The fourth-order valence-corrected chi connectivity index (χ4v) is 5.94. The van der Waals surface area contributed by atoms with Gasteiger partial charge in [-0.15, -0.1) is 0 Å². The van der Waals surface area contributed by atoms with E-state index < -0.39 is 0 Å². The van der Waals surface area contributed by atoms with E-state index >= 15 is 0 Å². The van der Waals surface area contributed by atoms with Crippen molar-refractivity contribution < 1.29 is 9.59 Å². The van der Waals surface area contributed by atoms with Gasteiger partial charge in [-0.1, -0.05) is 73.3 Å². The Morgan fingerprint density at radius 1 is 0.795 bits per heavy atom. The second-order valence-electron chi connectivity index (χ2n) is 11.2. The van der Waals surface area contributed by atoms with Gasteiger partial charge in [0.25, 0.3) is 5.91 Å². The third-order valence-corrected chi connectivity index (χ3v) is 8.25. The minimum atomic E-state index is -0.0684. The smallest absolute Gasteiger partial charge is 0.254 e. The van der Waals surface area contributed by atoms with Crippen LogP contribution in [0.1, 0.15) is 33.6 Å². The van der Waals surface area contributed by atoms with E-state index in [0.29, 0.717) is 23.2 Å². The van der Waals surface area contributed by atoms with Crippen molar-refractivity contribution in [3.05, 3.63) is 94.8 Å². The van der Waals surface area contributed by atoms with Gasteiger partial charge in [-0.05, 0) is 42.8 Å². The monoisotopic (exact) mass is 590 g/mol. The van der Waals surface area contributed by atoms with Crippen LogP contribution in [-0.2, 0) is 6.54 Å². The predicted molar refractivity (Wildman–Crippen MR) is 180 cm³/mol. The summed E-state index contributed by atoms with van der Waals surface area (Å²) in [6.45, 7) is 10.9. The number of aromatic nitrogens is 1. The van der Waals surface area contributed by atoms with Crippen LogP contribution in [0, 0.1) is 5.41 Å². The maximum absolute atomic E-state index is 13.1. The molecule has 228 valence electrons. The number of nitrogens with zero attached hydrogens (tertiary/aromatic N) is 2. The van der Waals surface area contributed by atoms with Gasteiger partial charge in [-0.3, -0.25) is 15.0 Å². The van der Waals surface area contributed by atoms with E-state index in [4.69, 9.17) is 5.41 Å². The molecular formula is C36H42N6O2. The lowest BCUT2D eigenvalue weighted by atomic mass is 9.99. The van der Waals surface area contributed by atoms with Crippen LogP contribution >= 0.6 is 0 Å². The molecule has 5 rings (SSSR count). The van der Waals surface area contributed by atoms with Gasteiger partial charge in [0, 0.05) is 84.3 Å². The first-order valence-electron chi connectivity index (χ1n) is 15.4. The fourth-order valence-electron chi connectivity index (χ4n) is 5.94. The molecule has 4 aromatic carbocycles. The molecule has 8 heteroatoms. The van der Waals surface area contributed by atoms with Crippen LogP contribution in [0.2, 0.25) is 0 Å². The highest BCUT2D eigenvalue weighted by molar-refractivity contribution is 6.12. The van der Waals surface area contributed by atoms with Crippen LogP contribution in [-0.4, -0.2) is 74.5 Å². The SMILES string of the molecule is C=c1c2cccc3cccc(c(=N)n1CCCNCCNCCNCCCN(C)C(=O)c1cccc4cccc(C=O)c14)c32. The summed E-state index contributed by atoms with van der Waals surface area (Å²) < 4.78 is 2.03. The van der Waals surface area contributed by atoms with Gasteiger partial charge in [0.2, 0.25) is 0 Å². The molecule has 0 fully saturated rings. The van der Waals surface area contributed by atoms with Gasteiger partial charge in [0.1, 0.15) is 5.49 Å². The van der Waals surface area contributed by atoms with Crippen LogP contribution in [0.5, 0.6) is 0 Å². The summed E-state index contributed by atoms with van der Waals surface area (Å²) in [4.78, 5) is 26.4. The molecule has 0 bridgehead atoms. The van der Waals surface area contributed by atoms with Crippen LogP contribution in [0.15, 0.2) is 72.8 Å². The molecule has 0 aliphatic rings. The summed E-state index contributed by atoms with van der Waals surface area (Å²) >= 11 is 0. The Kier molecular flexibility index (Phi) is 10.5. The summed E-state index contributed by atoms with van der Waals surface area (Å²) in [6.07, 6.45) is 2.58. The highest BCUT2D eigenvalue weighted by Crippen LogP contribution is 2.24. The lowest BCUT2D eigenvalue weighted by Crippen LogP contribution is -2.36. The van der Waals surface area contributed by atoms with Crippen LogP contribution in [0.25, 0.3) is 38.9 Å². The normalized spacial score (nSPS) is 11.5. The Labute approximate surface area is 258 Å². The molecule has 4 N–H and O–H groups in total. The number of carbonyl (C=O) groups excluding carboxylic acids is 2. The molecule has 8 nitrogen and oxygen atoms in total. The van der Waals surface area contributed by atoms with Crippen LogP contribution < -0.4 is 26.8 Å². The first-order chi connectivity index (χ1) is 21.5. The third-order valence-electron chi connectivity index (χ3n) is 8.25. The Morgan fingerprint density at radius 2 is 1.36 bits per heavy atom. The van der Waals surface area contributed by atoms with Crippen molar-refractivity contribution in [2.45, 2.75) is 19.4 Å². The number of hydrogen-bond donors (Lipinski definition) is 4. The highest BCUT2D eigenvalue weighted by Gasteiger charge is 2.16. The number of pyridine rings is 1. The molecule has 0 spiro atoms. The highest BCUT2D eigenvalue weighted by atomic mass is 16.2. The largest absolute Gasteiger partial charge is 0.342 e.